The van der Waals surface area contributed by atoms with Crippen molar-refractivity contribution in [1.82, 2.24) is 25.1 Å². The van der Waals surface area contributed by atoms with Gasteiger partial charge in [0.15, 0.2) is 5.65 Å². The fourth-order valence-corrected chi connectivity index (χ4v) is 5.24. The van der Waals surface area contributed by atoms with Crippen molar-refractivity contribution in [3.8, 4) is 39.4 Å². The van der Waals surface area contributed by atoms with Crippen LogP contribution in [0.1, 0.15) is 32.1 Å². The van der Waals surface area contributed by atoms with Gasteiger partial charge in [0.05, 0.1) is 36.2 Å². The van der Waals surface area contributed by atoms with Crippen molar-refractivity contribution in [2.75, 3.05) is 0 Å². The number of pyridine rings is 2. The van der Waals surface area contributed by atoms with E-state index in [0.29, 0.717) is 5.65 Å². The van der Waals surface area contributed by atoms with Gasteiger partial charge in [-0.15, -0.1) is 0 Å². The quantitative estimate of drug-likeness (QED) is 0.276. The average Bonchev–Trinajstić information content (AvgIpc) is 3.68. The standard InChI is InChI=1S/C29H25N5O2/c1-2-5-21(6-3-1)36-22-11-19(14-30-16-22)20-12-25-28(33-34-29(25)31-15-20)27-13-24-23(18-9-10-35-17-18)7-4-8-26(24)32-27/h4,7-17,21,32H,1-3,5-6H2,(H,31,33,34). The van der Waals surface area contributed by atoms with Crippen LogP contribution in [0.4, 0.5) is 0 Å². The summed E-state index contributed by atoms with van der Waals surface area (Å²) in [5, 5.41) is 9.71. The highest BCUT2D eigenvalue weighted by molar-refractivity contribution is 6.01. The second kappa shape index (κ2) is 8.68. The second-order valence-electron chi connectivity index (χ2n) is 9.44. The molecule has 0 radical (unpaired) electrons. The van der Waals surface area contributed by atoms with E-state index in [4.69, 9.17) is 9.15 Å². The van der Waals surface area contributed by atoms with E-state index in [9.17, 15) is 0 Å². The molecular weight excluding hydrogens is 450 g/mol. The van der Waals surface area contributed by atoms with Gasteiger partial charge >= 0.3 is 0 Å². The molecule has 1 saturated carbocycles. The van der Waals surface area contributed by atoms with E-state index >= 15 is 0 Å². The minimum absolute atomic E-state index is 0.283. The van der Waals surface area contributed by atoms with Gasteiger partial charge < -0.3 is 14.1 Å². The number of rotatable bonds is 5. The van der Waals surface area contributed by atoms with Gasteiger partial charge in [-0.05, 0) is 61.6 Å². The van der Waals surface area contributed by atoms with Gasteiger partial charge in [-0.2, -0.15) is 5.10 Å². The Morgan fingerprint density at radius 2 is 1.81 bits per heavy atom. The first-order valence-electron chi connectivity index (χ1n) is 12.4. The number of H-pyrrole nitrogens is 2. The number of fused-ring (bicyclic) bond motifs is 2. The van der Waals surface area contributed by atoms with Crippen LogP contribution in [0, 0.1) is 0 Å². The maximum atomic E-state index is 6.25. The average molecular weight is 476 g/mol. The van der Waals surface area contributed by atoms with Crippen LogP contribution in [-0.4, -0.2) is 31.3 Å². The van der Waals surface area contributed by atoms with Crippen LogP contribution in [0.25, 0.3) is 55.6 Å². The molecule has 6 aromatic rings. The SMILES string of the molecule is c1cc(-c2ccoc2)c2cc(-c3[nH]nc4ncc(-c5cncc(OC6CCCCC6)c5)cc34)[nH]c2c1. The molecule has 7 rings (SSSR count). The van der Waals surface area contributed by atoms with Crippen molar-refractivity contribution < 1.29 is 9.15 Å². The molecule has 0 bridgehead atoms. The Morgan fingerprint density at radius 1 is 0.889 bits per heavy atom. The molecule has 2 N–H and O–H groups in total. The highest BCUT2D eigenvalue weighted by Crippen LogP contribution is 2.35. The second-order valence-corrected chi connectivity index (χ2v) is 9.44. The monoisotopic (exact) mass is 475 g/mol. The van der Waals surface area contributed by atoms with E-state index in [0.717, 1.165) is 68.5 Å². The lowest BCUT2D eigenvalue weighted by Gasteiger charge is -2.23. The summed E-state index contributed by atoms with van der Waals surface area (Å²) in [6.45, 7) is 0. The van der Waals surface area contributed by atoms with Crippen LogP contribution in [0.2, 0.25) is 0 Å². The molecule has 36 heavy (non-hydrogen) atoms. The Balaban J connectivity index is 1.26. The van der Waals surface area contributed by atoms with Crippen molar-refractivity contribution in [3.63, 3.8) is 0 Å². The molecular formula is C29H25N5O2. The first kappa shape index (κ1) is 20.9. The van der Waals surface area contributed by atoms with Crippen molar-refractivity contribution in [2.45, 2.75) is 38.2 Å². The first-order chi connectivity index (χ1) is 17.8. The van der Waals surface area contributed by atoms with E-state index in [1.807, 2.05) is 24.5 Å². The number of ether oxygens (including phenoxy) is 1. The lowest BCUT2D eigenvalue weighted by atomic mass is 9.98. The van der Waals surface area contributed by atoms with Crippen LogP contribution in [0.15, 0.2) is 78.0 Å². The number of nitrogens with zero attached hydrogens (tertiary/aromatic N) is 3. The molecule has 0 spiro atoms. The molecule has 178 valence electrons. The summed E-state index contributed by atoms with van der Waals surface area (Å²) in [4.78, 5) is 12.6. The van der Waals surface area contributed by atoms with Crippen LogP contribution in [0.3, 0.4) is 0 Å². The highest BCUT2D eigenvalue weighted by atomic mass is 16.5. The summed E-state index contributed by atoms with van der Waals surface area (Å²) >= 11 is 0. The zero-order chi connectivity index (χ0) is 23.9. The fourth-order valence-electron chi connectivity index (χ4n) is 5.24. The van der Waals surface area contributed by atoms with E-state index in [2.05, 4.69) is 55.5 Å². The Morgan fingerprint density at radius 3 is 2.69 bits per heavy atom. The third kappa shape index (κ3) is 3.73. The zero-order valence-electron chi connectivity index (χ0n) is 19.7. The van der Waals surface area contributed by atoms with E-state index in [1.54, 1.807) is 18.7 Å². The number of nitrogens with one attached hydrogen (secondary N) is 2. The predicted octanol–water partition coefficient (Wildman–Crippen LogP) is 7.14. The van der Waals surface area contributed by atoms with Crippen molar-refractivity contribution in [1.29, 1.82) is 0 Å². The van der Waals surface area contributed by atoms with Crippen LogP contribution < -0.4 is 4.74 Å². The number of hydrogen-bond donors (Lipinski definition) is 2. The lowest BCUT2D eigenvalue weighted by Crippen LogP contribution is -2.19. The summed E-state index contributed by atoms with van der Waals surface area (Å²) in [6, 6.07) is 14.5. The third-order valence-electron chi connectivity index (χ3n) is 7.08. The molecule has 1 aliphatic carbocycles. The molecule has 1 aliphatic rings. The van der Waals surface area contributed by atoms with E-state index < -0.39 is 0 Å². The minimum atomic E-state index is 0.283. The zero-order valence-corrected chi connectivity index (χ0v) is 19.7. The van der Waals surface area contributed by atoms with Crippen LogP contribution >= 0.6 is 0 Å². The van der Waals surface area contributed by atoms with Crippen molar-refractivity contribution in [2.24, 2.45) is 0 Å². The first-order valence-corrected chi connectivity index (χ1v) is 12.4. The maximum absolute atomic E-state index is 6.25. The molecule has 0 atom stereocenters. The normalized spacial score (nSPS) is 14.6. The summed E-state index contributed by atoms with van der Waals surface area (Å²) in [5.74, 6) is 0.814. The fraction of sp³-hybridized carbons (Fsp3) is 0.207. The molecule has 7 nitrogen and oxygen atoms in total. The van der Waals surface area contributed by atoms with Crippen molar-refractivity contribution >= 4 is 21.9 Å². The number of aromatic nitrogens is 5. The highest BCUT2D eigenvalue weighted by Gasteiger charge is 2.17. The van der Waals surface area contributed by atoms with Crippen LogP contribution in [0.5, 0.6) is 5.75 Å². The Labute approximate surface area is 207 Å². The Bertz CT molecular complexity index is 1660. The molecule has 0 saturated heterocycles. The number of aromatic amines is 2. The van der Waals surface area contributed by atoms with Crippen molar-refractivity contribution in [3.05, 3.63) is 73.6 Å². The number of benzene rings is 1. The summed E-state index contributed by atoms with van der Waals surface area (Å²) in [7, 11) is 0. The number of furan rings is 1. The Hall–Kier alpha value is -4.39. The van der Waals surface area contributed by atoms with Gasteiger partial charge in [0.1, 0.15) is 5.75 Å². The molecule has 5 heterocycles. The Kier molecular flexibility index (Phi) is 5.05. The van der Waals surface area contributed by atoms with E-state index in [-0.39, 0.29) is 6.10 Å². The summed E-state index contributed by atoms with van der Waals surface area (Å²) in [6.07, 6.45) is 15.3. The minimum Gasteiger partial charge on any atom is -0.489 e. The van der Waals surface area contributed by atoms with Gasteiger partial charge in [0, 0.05) is 45.4 Å². The summed E-state index contributed by atoms with van der Waals surface area (Å²) in [5.41, 5.74) is 7.69. The number of hydrogen-bond acceptors (Lipinski definition) is 5. The van der Waals surface area contributed by atoms with Crippen LogP contribution in [-0.2, 0) is 0 Å². The molecule has 1 aromatic carbocycles. The van der Waals surface area contributed by atoms with Gasteiger partial charge in [-0.25, -0.2) is 4.98 Å². The van der Waals surface area contributed by atoms with Gasteiger partial charge in [-0.1, -0.05) is 18.6 Å². The predicted molar refractivity (Wildman–Crippen MR) is 140 cm³/mol. The molecule has 1 fully saturated rings. The van der Waals surface area contributed by atoms with Gasteiger partial charge in [0.2, 0.25) is 0 Å². The molecule has 5 aromatic heterocycles. The summed E-state index contributed by atoms with van der Waals surface area (Å²) < 4.78 is 11.6. The molecule has 0 amide bonds. The van der Waals surface area contributed by atoms with E-state index in [1.165, 1.54) is 19.3 Å². The van der Waals surface area contributed by atoms with Gasteiger partial charge in [0.25, 0.3) is 0 Å². The third-order valence-corrected chi connectivity index (χ3v) is 7.08. The smallest absolute Gasteiger partial charge is 0.181 e. The molecule has 0 aliphatic heterocycles. The largest absolute Gasteiger partial charge is 0.489 e. The molecule has 7 heteroatoms. The van der Waals surface area contributed by atoms with Gasteiger partial charge in [-0.3, -0.25) is 10.1 Å². The maximum Gasteiger partial charge on any atom is 0.181 e. The molecule has 0 unspecified atom stereocenters. The topological polar surface area (TPSA) is 92.6 Å². The lowest BCUT2D eigenvalue weighted by molar-refractivity contribution is 0.154.